The topological polar surface area (TPSA) is 83.4 Å². The highest BCUT2D eigenvalue weighted by Gasteiger charge is 2.24. The molecular weight excluding hydrogens is 258 g/mol. The summed E-state index contributed by atoms with van der Waals surface area (Å²) in [5, 5.41) is 14.9. The molecule has 1 aromatic heterocycles. The molecule has 6 nitrogen and oxygen atoms in total. The molecule has 0 saturated carbocycles. The lowest BCUT2D eigenvalue weighted by Gasteiger charge is -2.28. The summed E-state index contributed by atoms with van der Waals surface area (Å²) >= 11 is 0. The number of carbonyl (C=O) groups excluding carboxylic acids is 1. The Kier molecular flexibility index (Phi) is 5.33. The molecule has 20 heavy (non-hydrogen) atoms. The van der Waals surface area contributed by atoms with E-state index < -0.39 is 11.6 Å². The molecule has 0 spiro atoms. The van der Waals surface area contributed by atoms with Crippen LogP contribution >= 0.6 is 0 Å². The molecule has 0 aliphatic rings. The number of aliphatic hydroxyl groups excluding tert-OH is 1. The molecule has 112 valence electrons. The number of pyridine rings is 1. The summed E-state index contributed by atoms with van der Waals surface area (Å²) in [6.45, 7) is 5.42. The van der Waals surface area contributed by atoms with Crippen molar-refractivity contribution in [3.8, 4) is 0 Å². The first-order valence-corrected chi connectivity index (χ1v) is 6.68. The van der Waals surface area contributed by atoms with Gasteiger partial charge in [0.1, 0.15) is 0 Å². The number of aryl methyl sites for hydroxylation is 2. The predicted molar refractivity (Wildman–Crippen MR) is 79.0 cm³/mol. The molecule has 0 aliphatic carbocycles. The summed E-state index contributed by atoms with van der Waals surface area (Å²) < 4.78 is 1.40. The molecule has 3 N–H and O–H groups in total. The van der Waals surface area contributed by atoms with Gasteiger partial charge < -0.3 is 20.3 Å². The summed E-state index contributed by atoms with van der Waals surface area (Å²) in [5.41, 5.74) is 0.499. The number of nitrogens with zero attached hydrogens (tertiary/aromatic N) is 1. The van der Waals surface area contributed by atoms with Crippen LogP contribution < -0.4 is 16.2 Å². The lowest BCUT2D eigenvalue weighted by molar-refractivity contribution is 0.167. The number of nitrogens with one attached hydrogen (secondary N) is 2. The zero-order valence-corrected chi connectivity index (χ0v) is 12.5. The van der Waals surface area contributed by atoms with Gasteiger partial charge in [-0.05, 0) is 25.8 Å². The molecule has 0 saturated heterocycles. The lowest BCUT2D eigenvalue weighted by atomic mass is 9.98. The van der Waals surface area contributed by atoms with E-state index in [4.69, 9.17) is 0 Å². The summed E-state index contributed by atoms with van der Waals surface area (Å²) in [6, 6.07) is 1.07. The van der Waals surface area contributed by atoms with Gasteiger partial charge in [0, 0.05) is 19.3 Å². The fourth-order valence-corrected chi connectivity index (χ4v) is 2.02. The van der Waals surface area contributed by atoms with Crippen molar-refractivity contribution >= 4 is 11.7 Å². The number of carbonyl (C=O) groups is 1. The summed E-state index contributed by atoms with van der Waals surface area (Å²) in [4.78, 5) is 23.4. The Bertz CT molecular complexity index is 539. The Balaban J connectivity index is 2.81. The van der Waals surface area contributed by atoms with E-state index in [1.807, 2.05) is 6.92 Å². The number of amides is 2. The van der Waals surface area contributed by atoms with Gasteiger partial charge in [0.05, 0.1) is 17.8 Å². The van der Waals surface area contributed by atoms with Crippen molar-refractivity contribution in [2.45, 2.75) is 39.2 Å². The van der Waals surface area contributed by atoms with Gasteiger partial charge in [0.15, 0.2) is 0 Å². The fourth-order valence-electron chi connectivity index (χ4n) is 2.02. The van der Waals surface area contributed by atoms with Crippen LogP contribution in [0.2, 0.25) is 0 Å². The maximum Gasteiger partial charge on any atom is 0.319 e. The number of rotatable bonds is 5. The Morgan fingerprint density at radius 3 is 2.70 bits per heavy atom. The normalized spacial score (nSPS) is 13.7. The standard InChI is InChI=1S/C14H23N3O3/c1-5-6-14(3,9-18)16-13(20)15-11-8-17(4)12(19)7-10(11)2/h7-8,18H,5-6,9H2,1-4H3,(H2,15,16,20). The maximum absolute atomic E-state index is 12.0. The van der Waals surface area contributed by atoms with E-state index in [0.29, 0.717) is 17.7 Å². The summed E-state index contributed by atoms with van der Waals surface area (Å²) in [6.07, 6.45) is 3.12. The molecule has 1 heterocycles. The highest BCUT2D eigenvalue weighted by atomic mass is 16.3. The van der Waals surface area contributed by atoms with Crippen molar-refractivity contribution in [1.29, 1.82) is 0 Å². The molecule has 0 radical (unpaired) electrons. The van der Waals surface area contributed by atoms with Crippen LogP contribution in [0.4, 0.5) is 10.5 Å². The van der Waals surface area contributed by atoms with Gasteiger partial charge in [-0.15, -0.1) is 0 Å². The largest absolute Gasteiger partial charge is 0.394 e. The molecule has 1 aromatic rings. The highest BCUT2D eigenvalue weighted by molar-refractivity contribution is 5.90. The van der Waals surface area contributed by atoms with Crippen molar-refractivity contribution < 1.29 is 9.90 Å². The van der Waals surface area contributed by atoms with Gasteiger partial charge in [-0.3, -0.25) is 4.79 Å². The molecule has 0 bridgehead atoms. The van der Waals surface area contributed by atoms with Crippen LogP contribution in [0.15, 0.2) is 17.1 Å². The van der Waals surface area contributed by atoms with Crippen LogP contribution in [0.5, 0.6) is 0 Å². The fraction of sp³-hybridized carbons (Fsp3) is 0.571. The van der Waals surface area contributed by atoms with Crippen LogP contribution in [0.25, 0.3) is 0 Å². The zero-order chi connectivity index (χ0) is 15.3. The number of anilines is 1. The van der Waals surface area contributed by atoms with E-state index in [-0.39, 0.29) is 12.2 Å². The smallest absolute Gasteiger partial charge is 0.319 e. The summed E-state index contributed by atoms with van der Waals surface area (Å²) in [7, 11) is 1.62. The van der Waals surface area contributed by atoms with Gasteiger partial charge >= 0.3 is 6.03 Å². The first kappa shape index (κ1) is 16.2. The molecule has 2 amide bonds. The average Bonchev–Trinajstić information content (AvgIpc) is 2.36. The van der Waals surface area contributed by atoms with Crippen LogP contribution in [-0.2, 0) is 7.05 Å². The number of urea groups is 1. The quantitative estimate of drug-likeness (QED) is 0.762. The van der Waals surface area contributed by atoms with Crippen molar-refractivity contribution in [3.63, 3.8) is 0 Å². The minimum Gasteiger partial charge on any atom is -0.394 e. The van der Waals surface area contributed by atoms with E-state index >= 15 is 0 Å². The number of aliphatic hydroxyl groups is 1. The zero-order valence-electron chi connectivity index (χ0n) is 12.5. The van der Waals surface area contributed by atoms with Gasteiger partial charge in [0.2, 0.25) is 0 Å². The van der Waals surface area contributed by atoms with E-state index in [2.05, 4.69) is 10.6 Å². The lowest BCUT2D eigenvalue weighted by Crippen LogP contribution is -2.50. The van der Waals surface area contributed by atoms with Crippen molar-refractivity contribution in [1.82, 2.24) is 9.88 Å². The van der Waals surface area contributed by atoms with Crippen LogP contribution in [0.3, 0.4) is 0 Å². The predicted octanol–water partition coefficient (Wildman–Crippen LogP) is 1.37. The second-order valence-corrected chi connectivity index (χ2v) is 5.37. The van der Waals surface area contributed by atoms with Crippen molar-refractivity contribution in [3.05, 3.63) is 28.2 Å². The second-order valence-electron chi connectivity index (χ2n) is 5.37. The van der Waals surface area contributed by atoms with Crippen LogP contribution in [-0.4, -0.2) is 27.9 Å². The van der Waals surface area contributed by atoms with Crippen LogP contribution in [0, 0.1) is 6.92 Å². The van der Waals surface area contributed by atoms with Gasteiger partial charge in [-0.25, -0.2) is 4.79 Å². The molecule has 1 atom stereocenters. The number of hydrogen-bond acceptors (Lipinski definition) is 3. The van der Waals surface area contributed by atoms with E-state index in [9.17, 15) is 14.7 Å². The first-order valence-electron chi connectivity index (χ1n) is 6.68. The SMILES string of the molecule is CCCC(C)(CO)NC(=O)Nc1cn(C)c(=O)cc1C. The molecule has 0 aliphatic heterocycles. The second kappa shape index (κ2) is 6.56. The van der Waals surface area contributed by atoms with Crippen molar-refractivity contribution in [2.24, 2.45) is 7.05 Å². The van der Waals surface area contributed by atoms with Gasteiger partial charge in [-0.2, -0.15) is 0 Å². The van der Waals surface area contributed by atoms with Crippen LogP contribution in [0.1, 0.15) is 32.3 Å². The maximum atomic E-state index is 12.0. The Labute approximate surface area is 118 Å². The Morgan fingerprint density at radius 2 is 2.15 bits per heavy atom. The molecule has 0 aromatic carbocycles. The third-order valence-corrected chi connectivity index (χ3v) is 3.25. The van der Waals surface area contributed by atoms with E-state index in [0.717, 1.165) is 6.42 Å². The average molecular weight is 281 g/mol. The molecule has 6 heteroatoms. The molecule has 1 rings (SSSR count). The number of hydrogen-bond donors (Lipinski definition) is 3. The molecular formula is C14H23N3O3. The van der Waals surface area contributed by atoms with Crippen molar-refractivity contribution in [2.75, 3.05) is 11.9 Å². The minimum atomic E-state index is -0.645. The monoisotopic (exact) mass is 281 g/mol. The first-order chi connectivity index (χ1) is 9.31. The van der Waals surface area contributed by atoms with Gasteiger partial charge in [-0.1, -0.05) is 13.3 Å². The minimum absolute atomic E-state index is 0.124. The van der Waals surface area contributed by atoms with E-state index in [1.165, 1.54) is 10.6 Å². The third-order valence-electron chi connectivity index (χ3n) is 3.25. The third kappa shape index (κ3) is 4.09. The Morgan fingerprint density at radius 1 is 1.50 bits per heavy atom. The Hall–Kier alpha value is -1.82. The summed E-state index contributed by atoms with van der Waals surface area (Å²) in [5.74, 6) is 0. The van der Waals surface area contributed by atoms with E-state index in [1.54, 1.807) is 27.1 Å². The van der Waals surface area contributed by atoms with Gasteiger partial charge in [0.25, 0.3) is 5.56 Å². The molecule has 1 unspecified atom stereocenters. The number of aromatic nitrogens is 1. The highest BCUT2D eigenvalue weighted by Crippen LogP contribution is 2.14. The molecule has 0 fully saturated rings.